The Kier molecular flexibility index (Phi) is 6.11. The number of halogens is 2. The van der Waals surface area contributed by atoms with E-state index >= 15 is 0 Å². The third kappa shape index (κ3) is 4.30. The Balaban J connectivity index is 1.46. The maximum atomic E-state index is 12.9. The fraction of sp³-hybridized carbons (Fsp3) is 0.409. The van der Waals surface area contributed by atoms with Crippen LogP contribution in [0.3, 0.4) is 0 Å². The smallest absolute Gasteiger partial charge is 0.387 e. The molecule has 1 atom stereocenters. The standard InChI is InChI=1S/C22H26F2N6O2/c1-4-15-13-29(22(31)27-18-6-5-16(11-14(18)2)32-21(23)24)9-10-30(15)19-7-8-25-20-17(19)12-26-28(20)3/h5-8,11-12,15,21H,4,9-10,13H2,1-3H3,(H,27,31)/t15-/m0/s1. The van der Waals surface area contributed by atoms with Crippen LogP contribution >= 0.6 is 0 Å². The molecule has 10 heteroatoms. The number of nitrogens with zero attached hydrogens (tertiary/aromatic N) is 5. The number of urea groups is 1. The minimum Gasteiger partial charge on any atom is -0.435 e. The van der Waals surface area contributed by atoms with Crippen molar-refractivity contribution in [2.24, 2.45) is 7.05 Å². The van der Waals surface area contributed by atoms with Gasteiger partial charge >= 0.3 is 12.6 Å². The molecule has 0 spiro atoms. The highest BCUT2D eigenvalue weighted by molar-refractivity contribution is 5.91. The van der Waals surface area contributed by atoms with E-state index in [0.29, 0.717) is 30.9 Å². The maximum Gasteiger partial charge on any atom is 0.387 e. The number of carbonyl (C=O) groups excluding carboxylic acids is 1. The van der Waals surface area contributed by atoms with Crippen LogP contribution in [0.4, 0.5) is 25.0 Å². The lowest BCUT2D eigenvalue weighted by Crippen LogP contribution is -2.55. The van der Waals surface area contributed by atoms with Crippen LogP contribution in [0.25, 0.3) is 11.0 Å². The molecular formula is C22H26F2N6O2. The third-order valence-electron chi connectivity index (χ3n) is 5.83. The molecule has 0 bridgehead atoms. The first-order valence-electron chi connectivity index (χ1n) is 10.5. The molecule has 170 valence electrons. The summed E-state index contributed by atoms with van der Waals surface area (Å²) in [7, 11) is 1.87. The maximum absolute atomic E-state index is 12.9. The number of alkyl halides is 2. The fourth-order valence-electron chi connectivity index (χ4n) is 4.14. The van der Waals surface area contributed by atoms with Gasteiger partial charge in [-0.2, -0.15) is 13.9 Å². The van der Waals surface area contributed by atoms with Gasteiger partial charge in [0.25, 0.3) is 0 Å². The van der Waals surface area contributed by atoms with E-state index in [1.165, 1.54) is 12.1 Å². The average molecular weight is 444 g/mol. The summed E-state index contributed by atoms with van der Waals surface area (Å²) in [5, 5.41) is 8.21. The average Bonchev–Trinajstić information content (AvgIpc) is 3.16. The van der Waals surface area contributed by atoms with E-state index in [2.05, 4.69) is 32.0 Å². The number of fused-ring (bicyclic) bond motifs is 1. The molecule has 1 fully saturated rings. The number of carbonyl (C=O) groups is 1. The molecule has 4 rings (SSSR count). The summed E-state index contributed by atoms with van der Waals surface area (Å²) in [6, 6.07) is 6.41. The second kappa shape index (κ2) is 8.97. The fourth-order valence-corrected chi connectivity index (χ4v) is 4.14. The van der Waals surface area contributed by atoms with Gasteiger partial charge in [-0.25, -0.2) is 9.78 Å². The van der Waals surface area contributed by atoms with Gasteiger partial charge in [0.1, 0.15) is 5.75 Å². The number of anilines is 2. The van der Waals surface area contributed by atoms with Gasteiger partial charge in [0.05, 0.1) is 17.3 Å². The number of aryl methyl sites for hydroxylation is 2. The second-order valence-corrected chi connectivity index (χ2v) is 7.82. The Morgan fingerprint density at radius 1 is 1.31 bits per heavy atom. The van der Waals surface area contributed by atoms with Gasteiger partial charge in [-0.15, -0.1) is 0 Å². The van der Waals surface area contributed by atoms with Gasteiger partial charge in [-0.3, -0.25) is 4.68 Å². The van der Waals surface area contributed by atoms with Crippen molar-refractivity contribution in [2.75, 3.05) is 29.9 Å². The predicted octanol–water partition coefficient (Wildman–Crippen LogP) is 4.01. The lowest BCUT2D eigenvalue weighted by molar-refractivity contribution is -0.0498. The first kappa shape index (κ1) is 21.8. The zero-order valence-corrected chi connectivity index (χ0v) is 18.3. The molecule has 8 nitrogen and oxygen atoms in total. The first-order valence-corrected chi connectivity index (χ1v) is 10.5. The molecule has 0 radical (unpaired) electrons. The summed E-state index contributed by atoms with van der Waals surface area (Å²) in [6.07, 6.45) is 4.48. The zero-order chi connectivity index (χ0) is 22.8. The normalized spacial score (nSPS) is 16.6. The van der Waals surface area contributed by atoms with Crippen LogP contribution in [0.15, 0.2) is 36.7 Å². The molecule has 1 aliphatic heterocycles. The lowest BCUT2D eigenvalue weighted by atomic mass is 10.1. The number of piperazine rings is 1. The number of hydrogen-bond acceptors (Lipinski definition) is 5. The van der Waals surface area contributed by atoms with Crippen molar-refractivity contribution in [1.29, 1.82) is 0 Å². The minimum absolute atomic E-state index is 0.0641. The molecule has 32 heavy (non-hydrogen) atoms. The van der Waals surface area contributed by atoms with Gasteiger partial charge < -0.3 is 19.9 Å². The molecule has 2 amide bonds. The van der Waals surface area contributed by atoms with Gasteiger partial charge in [0.2, 0.25) is 0 Å². The first-order chi connectivity index (χ1) is 15.4. The highest BCUT2D eigenvalue weighted by Crippen LogP contribution is 2.29. The number of rotatable bonds is 5. The van der Waals surface area contributed by atoms with Crippen LogP contribution in [0.2, 0.25) is 0 Å². The highest BCUT2D eigenvalue weighted by Gasteiger charge is 2.30. The molecule has 1 N–H and O–H groups in total. The monoisotopic (exact) mass is 444 g/mol. The van der Waals surface area contributed by atoms with E-state index in [1.807, 2.05) is 19.3 Å². The van der Waals surface area contributed by atoms with Gasteiger partial charge in [-0.1, -0.05) is 6.92 Å². The summed E-state index contributed by atoms with van der Waals surface area (Å²) in [6.45, 7) is 2.76. The molecular weight excluding hydrogens is 418 g/mol. The Morgan fingerprint density at radius 3 is 2.84 bits per heavy atom. The number of aromatic nitrogens is 3. The van der Waals surface area contributed by atoms with Crippen molar-refractivity contribution in [1.82, 2.24) is 19.7 Å². The van der Waals surface area contributed by atoms with Crippen LogP contribution in [0.5, 0.6) is 5.75 Å². The Hall–Kier alpha value is -3.43. The molecule has 3 aromatic rings. The Morgan fingerprint density at radius 2 is 2.12 bits per heavy atom. The van der Waals surface area contributed by atoms with Crippen molar-refractivity contribution >= 4 is 28.4 Å². The van der Waals surface area contributed by atoms with Crippen molar-refractivity contribution in [3.63, 3.8) is 0 Å². The largest absolute Gasteiger partial charge is 0.435 e. The van der Waals surface area contributed by atoms with Crippen LogP contribution in [-0.4, -0.2) is 58.0 Å². The quantitative estimate of drug-likeness (QED) is 0.644. The molecule has 2 aromatic heterocycles. The molecule has 1 saturated heterocycles. The van der Waals surface area contributed by atoms with Gasteiger partial charge in [0.15, 0.2) is 5.65 Å². The summed E-state index contributed by atoms with van der Waals surface area (Å²) >= 11 is 0. The van der Waals surface area contributed by atoms with E-state index in [0.717, 1.165) is 23.1 Å². The van der Waals surface area contributed by atoms with E-state index in [-0.39, 0.29) is 17.8 Å². The molecule has 0 unspecified atom stereocenters. The molecule has 3 heterocycles. The van der Waals surface area contributed by atoms with E-state index in [1.54, 1.807) is 28.8 Å². The Bertz CT molecular complexity index is 1120. The van der Waals surface area contributed by atoms with Crippen molar-refractivity contribution in [2.45, 2.75) is 32.9 Å². The third-order valence-corrected chi connectivity index (χ3v) is 5.83. The summed E-state index contributed by atoms with van der Waals surface area (Å²) in [5.74, 6) is 0.0641. The van der Waals surface area contributed by atoms with Crippen LogP contribution in [0, 0.1) is 6.92 Å². The number of pyridine rings is 1. The van der Waals surface area contributed by atoms with Crippen LogP contribution in [-0.2, 0) is 7.05 Å². The van der Waals surface area contributed by atoms with Crippen molar-refractivity contribution in [3.8, 4) is 5.75 Å². The summed E-state index contributed by atoms with van der Waals surface area (Å²) in [5.41, 5.74) is 3.11. The van der Waals surface area contributed by atoms with Crippen LogP contribution < -0.4 is 15.0 Å². The second-order valence-electron chi connectivity index (χ2n) is 7.82. The molecule has 0 saturated carbocycles. The predicted molar refractivity (Wildman–Crippen MR) is 118 cm³/mol. The van der Waals surface area contributed by atoms with E-state index in [9.17, 15) is 13.6 Å². The SMILES string of the molecule is CC[C@H]1CN(C(=O)Nc2ccc(OC(F)F)cc2C)CCN1c1ccnc2c1cnn2C. The number of nitrogens with one attached hydrogen (secondary N) is 1. The van der Waals surface area contributed by atoms with Crippen molar-refractivity contribution < 1.29 is 18.3 Å². The van der Waals surface area contributed by atoms with Crippen LogP contribution in [0.1, 0.15) is 18.9 Å². The molecule has 1 aromatic carbocycles. The number of hydrogen-bond donors (Lipinski definition) is 1. The number of benzene rings is 1. The lowest BCUT2D eigenvalue weighted by Gasteiger charge is -2.42. The molecule has 0 aliphatic carbocycles. The van der Waals surface area contributed by atoms with Crippen molar-refractivity contribution in [3.05, 3.63) is 42.2 Å². The molecule has 1 aliphatic rings. The van der Waals surface area contributed by atoms with Gasteiger partial charge in [0, 0.05) is 44.6 Å². The summed E-state index contributed by atoms with van der Waals surface area (Å²) < 4.78 is 31.0. The zero-order valence-electron chi connectivity index (χ0n) is 18.3. The van der Waals surface area contributed by atoms with E-state index < -0.39 is 6.61 Å². The topological polar surface area (TPSA) is 75.5 Å². The summed E-state index contributed by atoms with van der Waals surface area (Å²) in [4.78, 5) is 21.4. The van der Waals surface area contributed by atoms with Gasteiger partial charge in [-0.05, 0) is 43.2 Å². The minimum atomic E-state index is -2.88. The highest BCUT2D eigenvalue weighted by atomic mass is 19.3. The number of ether oxygens (including phenoxy) is 1. The Labute approximate surface area is 184 Å². The number of amides is 2. The van der Waals surface area contributed by atoms with E-state index in [4.69, 9.17) is 0 Å².